The lowest BCUT2D eigenvalue weighted by atomic mass is 9.91. The van der Waals surface area contributed by atoms with Crippen molar-refractivity contribution in [2.24, 2.45) is 7.05 Å². The largest absolute Gasteiger partial charge is 0.347 e. The lowest BCUT2D eigenvalue weighted by Crippen LogP contribution is -2.67. The molecule has 7 heteroatoms. The zero-order valence-corrected chi connectivity index (χ0v) is 16.2. The summed E-state index contributed by atoms with van der Waals surface area (Å²) in [5.41, 5.74) is 0.886. The van der Waals surface area contributed by atoms with Crippen molar-refractivity contribution >= 4 is 23.4 Å². The van der Waals surface area contributed by atoms with Crippen molar-refractivity contribution in [1.29, 1.82) is 0 Å². The molecular weight excluding hydrogens is 356 g/mol. The number of likely N-dealkylation sites (tertiary alicyclic amines) is 1. The van der Waals surface area contributed by atoms with Crippen molar-refractivity contribution in [3.8, 4) is 0 Å². The highest BCUT2D eigenvalue weighted by molar-refractivity contribution is 5.99. The maximum absolute atomic E-state index is 13.0. The minimum absolute atomic E-state index is 0.0381. The number of para-hydroxylation sites is 1. The third-order valence-electron chi connectivity index (χ3n) is 5.85. The second kappa shape index (κ2) is 6.82. The van der Waals surface area contributed by atoms with Gasteiger partial charge in [-0.3, -0.25) is 14.4 Å². The number of aromatic nitrogens is 1. The summed E-state index contributed by atoms with van der Waals surface area (Å²) in [6.07, 6.45) is 2.50. The molecule has 2 aliphatic heterocycles. The van der Waals surface area contributed by atoms with Crippen molar-refractivity contribution in [1.82, 2.24) is 14.4 Å². The van der Waals surface area contributed by atoms with Gasteiger partial charge in [-0.15, -0.1) is 0 Å². The number of anilines is 1. The molecule has 2 fully saturated rings. The van der Waals surface area contributed by atoms with Gasteiger partial charge in [0.05, 0.1) is 12.1 Å². The lowest BCUT2D eigenvalue weighted by Gasteiger charge is -2.48. The Balaban J connectivity index is 1.63. The highest BCUT2D eigenvalue weighted by Gasteiger charge is 2.51. The molecule has 0 bridgehead atoms. The first-order valence-electron chi connectivity index (χ1n) is 9.45. The molecule has 2 saturated heterocycles. The summed E-state index contributed by atoms with van der Waals surface area (Å²) in [7, 11) is 1.84. The van der Waals surface area contributed by atoms with Gasteiger partial charge in [0.2, 0.25) is 11.8 Å². The summed E-state index contributed by atoms with van der Waals surface area (Å²) < 4.78 is 1.80. The fourth-order valence-corrected chi connectivity index (χ4v) is 4.37. The first-order chi connectivity index (χ1) is 13.4. The van der Waals surface area contributed by atoms with Gasteiger partial charge in [0.15, 0.2) is 0 Å². The maximum Gasteiger partial charge on any atom is 0.270 e. The highest BCUT2D eigenvalue weighted by Crippen LogP contribution is 2.35. The van der Waals surface area contributed by atoms with Gasteiger partial charge < -0.3 is 19.3 Å². The Morgan fingerprint density at radius 2 is 1.79 bits per heavy atom. The number of hydrogen-bond acceptors (Lipinski definition) is 3. The lowest BCUT2D eigenvalue weighted by molar-refractivity contribution is -0.142. The van der Waals surface area contributed by atoms with Crippen LogP contribution in [-0.4, -0.2) is 63.8 Å². The van der Waals surface area contributed by atoms with Crippen molar-refractivity contribution in [2.45, 2.75) is 18.9 Å². The molecule has 1 atom stereocenters. The second-order valence-electron chi connectivity index (χ2n) is 7.63. The zero-order valence-electron chi connectivity index (χ0n) is 16.2. The molecule has 0 N–H and O–H groups in total. The van der Waals surface area contributed by atoms with Crippen LogP contribution in [0.25, 0.3) is 0 Å². The molecule has 2 aromatic rings. The molecular formula is C21H24N4O3. The maximum atomic E-state index is 13.0. The number of carbonyl (C=O) groups is 3. The van der Waals surface area contributed by atoms with Crippen molar-refractivity contribution in [3.05, 3.63) is 54.4 Å². The molecule has 0 unspecified atom stereocenters. The van der Waals surface area contributed by atoms with Crippen LogP contribution in [0.3, 0.4) is 0 Å². The van der Waals surface area contributed by atoms with Gasteiger partial charge in [-0.05, 0) is 30.7 Å². The molecule has 2 aliphatic rings. The van der Waals surface area contributed by atoms with E-state index in [1.807, 2.05) is 49.6 Å². The van der Waals surface area contributed by atoms with Crippen LogP contribution in [0.5, 0.6) is 0 Å². The number of nitrogens with zero attached hydrogens (tertiary/aromatic N) is 4. The smallest absolute Gasteiger partial charge is 0.270 e. The van der Waals surface area contributed by atoms with E-state index in [0.717, 1.165) is 5.69 Å². The van der Waals surface area contributed by atoms with E-state index < -0.39 is 5.54 Å². The number of hydrogen-bond donors (Lipinski definition) is 0. The normalized spacial score (nSPS) is 22.2. The topological polar surface area (TPSA) is 65.9 Å². The Kier molecular flexibility index (Phi) is 4.45. The molecule has 3 amide bonds. The van der Waals surface area contributed by atoms with Crippen LogP contribution in [0.2, 0.25) is 0 Å². The molecule has 4 rings (SSSR count). The Bertz CT molecular complexity index is 923. The van der Waals surface area contributed by atoms with Crippen molar-refractivity contribution < 1.29 is 14.4 Å². The fraction of sp³-hybridized carbons (Fsp3) is 0.381. The van der Waals surface area contributed by atoms with Crippen molar-refractivity contribution in [2.75, 3.05) is 31.1 Å². The SMILES string of the molecule is CC(=O)N1CC(=O)N(c2ccccc2)C[C@]12CCN(C(=O)c1cccn1C)C2. The van der Waals surface area contributed by atoms with E-state index in [-0.39, 0.29) is 24.3 Å². The van der Waals surface area contributed by atoms with Gasteiger partial charge in [0.1, 0.15) is 12.2 Å². The Morgan fingerprint density at radius 1 is 1.04 bits per heavy atom. The van der Waals surface area contributed by atoms with E-state index >= 15 is 0 Å². The third-order valence-corrected chi connectivity index (χ3v) is 5.85. The molecule has 0 saturated carbocycles. The zero-order chi connectivity index (χ0) is 19.9. The van der Waals surface area contributed by atoms with Crippen LogP contribution in [-0.2, 0) is 16.6 Å². The second-order valence-corrected chi connectivity index (χ2v) is 7.63. The van der Waals surface area contributed by atoms with Crippen LogP contribution in [0.4, 0.5) is 5.69 Å². The van der Waals surface area contributed by atoms with E-state index in [1.54, 1.807) is 25.3 Å². The predicted octanol–water partition coefficient (Wildman–Crippen LogP) is 1.51. The van der Waals surface area contributed by atoms with E-state index in [1.165, 1.54) is 6.92 Å². The van der Waals surface area contributed by atoms with Gasteiger partial charge >= 0.3 is 0 Å². The monoisotopic (exact) mass is 380 g/mol. The number of rotatable bonds is 2. The minimum atomic E-state index is -0.559. The standard InChI is InChI=1S/C21H24N4O3/c1-16(26)25-13-19(27)24(17-7-4-3-5-8-17)15-21(25)10-12-23(14-21)20(28)18-9-6-11-22(18)2/h3-9,11H,10,12-15H2,1-2H3/t21-/m1/s1. The van der Waals surface area contributed by atoms with E-state index in [0.29, 0.717) is 31.7 Å². The predicted molar refractivity (Wildman–Crippen MR) is 105 cm³/mol. The first kappa shape index (κ1) is 18.3. The molecule has 1 aromatic carbocycles. The van der Waals surface area contributed by atoms with Gasteiger partial charge in [0.25, 0.3) is 5.91 Å². The van der Waals surface area contributed by atoms with E-state index in [2.05, 4.69) is 0 Å². The van der Waals surface area contributed by atoms with Gasteiger partial charge in [0, 0.05) is 38.9 Å². The molecule has 28 heavy (non-hydrogen) atoms. The van der Waals surface area contributed by atoms with Crippen LogP contribution in [0, 0.1) is 0 Å². The number of amides is 3. The highest BCUT2D eigenvalue weighted by atomic mass is 16.2. The molecule has 0 aliphatic carbocycles. The Labute approximate surface area is 164 Å². The third kappa shape index (κ3) is 2.96. The number of benzene rings is 1. The quantitative estimate of drug-likeness (QED) is 0.793. The summed E-state index contributed by atoms with van der Waals surface area (Å²) in [4.78, 5) is 43.3. The van der Waals surface area contributed by atoms with Crippen LogP contribution in [0.1, 0.15) is 23.8 Å². The summed E-state index contributed by atoms with van der Waals surface area (Å²) in [6.45, 7) is 2.91. The molecule has 146 valence electrons. The van der Waals surface area contributed by atoms with Gasteiger partial charge in [-0.25, -0.2) is 0 Å². The first-order valence-corrected chi connectivity index (χ1v) is 9.45. The van der Waals surface area contributed by atoms with Gasteiger partial charge in [-0.2, -0.15) is 0 Å². The molecule has 1 spiro atoms. The average Bonchev–Trinajstić information content (AvgIpc) is 3.30. The van der Waals surface area contributed by atoms with Crippen LogP contribution >= 0.6 is 0 Å². The fourth-order valence-electron chi connectivity index (χ4n) is 4.37. The van der Waals surface area contributed by atoms with Crippen LogP contribution < -0.4 is 4.90 Å². The van der Waals surface area contributed by atoms with E-state index in [9.17, 15) is 14.4 Å². The summed E-state index contributed by atoms with van der Waals surface area (Å²) in [6, 6.07) is 13.1. The summed E-state index contributed by atoms with van der Waals surface area (Å²) in [5, 5.41) is 0. The van der Waals surface area contributed by atoms with E-state index in [4.69, 9.17) is 0 Å². The molecule has 3 heterocycles. The van der Waals surface area contributed by atoms with Crippen LogP contribution in [0.15, 0.2) is 48.7 Å². The minimum Gasteiger partial charge on any atom is -0.347 e. The average molecular weight is 380 g/mol. The molecule has 7 nitrogen and oxygen atoms in total. The summed E-state index contributed by atoms with van der Waals surface area (Å²) in [5.74, 6) is -0.274. The number of carbonyl (C=O) groups excluding carboxylic acids is 3. The molecule has 0 radical (unpaired) electrons. The number of piperazine rings is 1. The summed E-state index contributed by atoms with van der Waals surface area (Å²) >= 11 is 0. The molecule has 1 aromatic heterocycles. The van der Waals surface area contributed by atoms with Gasteiger partial charge in [-0.1, -0.05) is 18.2 Å². The Morgan fingerprint density at radius 3 is 2.43 bits per heavy atom. The Hall–Kier alpha value is -3.09. The van der Waals surface area contributed by atoms with Crippen molar-refractivity contribution in [3.63, 3.8) is 0 Å². The number of aryl methyl sites for hydroxylation is 1.